The molecule has 3 atom stereocenters. The molecule has 3 unspecified atom stereocenters. The summed E-state index contributed by atoms with van der Waals surface area (Å²) in [5.74, 6) is 1.01. The lowest BCUT2D eigenvalue weighted by Crippen LogP contribution is -2.34. The molecule has 0 radical (unpaired) electrons. The van der Waals surface area contributed by atoms with Gasteiger partial charge < -0.3 is 0 Å². The Bertz CT molecular complexity index is 208. The van der Waals surface area contributed by atoms with Gasteiger partial charge in [0.2, 0.25) is 0 Å². The van der Waals surface area contributed by atoms with Crippen LogP contribution in [0.5, 0.6) is 0 Å². The highest BCUT2D eigenvalue weighted by Gasteiger charge is 2.59. The van der Waals surface area contributed by atoms with E-state index >= 15 is 0 Å². The molecule has 0 aromatic carbocycles. The van der Waals surface area contributed by atoms with Crippen LogP contribution >= 0.6 is 0 Å². The van der Waals surface area contributed by atoms with Crippen molar-refractivity contribution in [3.8, 4) is 0 Å². The van der Waals surface area contributed by atoms with Crippen LogP contribution in [0.3, 0.4) is 0 Å². The van der Waals surface area contributed by atoms with E-state index in [0.29, 0.717) is 5.41 Å². The highest BCUT2D eigenvalue weighted by atomic mass is 17.2. The van der Waals surface area contributed by atoms with Gasteiger partial charge in [-0.15, -0.1) is 0 Å². The van der Waals surface area contributed by atoms with Crippen LogP contribution in [0.15, 0.2) is 0 Å². The normalized spacial score (nSPS) is 57.2. The Hall–Kier alpha value is -0.0800. The van der Waals surface area contributed by atoms with Crippen LogP contribution in [0.4, 0.5) is 0 Å². The summed E-state index contributed by atoms with van der Waals surface area (Å²) >= 11 is 0. The van der Waals surface area contributed by atoms with E-state index in [2.05, 4.69) is 6.92 Å². The topological polar surface area (TPSA) is 18.5 Å². The van der Waals surface area contributed by atoms with Crippen molar-refractivity contribution in [1.82, 2.24) is 0 Å². The summed E-state index contributed by atoms with van der Waals surface area (Å²) in [5.41, 5.74) is 0.744. The number of hydrogen-bond donors (Lipinski definition) is 0. The predicted octanol–water partition coefficient (Wildman–Crippen LogP) is 2.29. The Morgan fingerprint density at radius 1 is 1.33 bits per heavy atom. The van der Waals surface area contributed by atoms with Crippen LogP contribution in [-0.4, -0.2) is 12.2 Å². The molecular weight excluding hydrogens is 152 g/mol. The Balaban J connectivity index is 1.80. The van der Waals surface area contributed by atoms with Gasteiger partial charge in [-0.2, -0.15) is 0 Å². The molecule has 1 saturated heterocycles. The second kappa shape index (κ2) is 2.05. The first-order valence-corrected chi connectivity index (χ1v) is 5.03. The largest absolute Gasteiger partial charge is 0.236 e. The van der Waals surface area contributed by atoms with Gasteiger partial charge >= 0.3 is 0 Å². The first kappa shape index (κ1) is 7.34. The van der Waals surface area contributed by atoms with Crippen molar-refractivity contribution >= 4 is 0 Å². The van der Waals surface area contributed by atoms with Gasteiger partial charge in [0.15, 0.2) is 0 Å². The summed E-state index contributed by atoms with van der Waals surface area (Å²) in [5, 5.41) is 0. The van der Waals surface area contributed by atoms with E-state index in [1.165, 1.54) is 25.7 Å². The van der Waals surface area contributed by atoms with Crippen molar-refractivity contribution in [2.24, 2.45) is 11.3 Å². The standard InChI is InChI=1S/C10H16O2/c1-9-6-8(9)2-3-10(7-9)4-5-11-12-10/h8H,2-7H2,1H3. The minimum atomic E-state index is 0.127. The molecule has 3 fully saturated rings. The molecule has 3 rings (SSSR count). The number of rotatable bonds is 0. The van der Waals surface area contributed by atoms with Gasteiger partial charge in [-0.05, 0) is 37.0 Å². The minimum absolute atomic E-state index is 0.127. The van der Waals surface area contributed by atoms with E-state index in [1.54, 1.807) is 0 Å². The molecule has 2 aliphatic carbocycles. The van der Waals surface area contributed by atoms with Crippen molar-refractivity contribution < 1.29 is 9.78 Å². The van der Waals surface area contributed by atoms with Crippen LogP contribution in [0.25, 0.3) is 0 Å². The third kappa shape index (κ3) is 0.882. The Morgan fingerprint density at radius 3 is 2.92 bits per heavy atom. The van der Waals surface area contributed by atoms with E-state index in [-0.39, 0.29) is 5.60 Å². The maximum Gasteiger partial charge on any atom is 0.106 e. The lowest BCUT2D eigenvalue weighted by Gasteiger charge is -2.33. The fourth-order valence-corrected chi connectivity index (χ4v) is 3.15. The third-order valence-corrected chi connectivity index (χ3v) is 4.09. The van der Waals surface area contributed by atoms with E-state index in [1.807, 2.05) is 0 Å². The molecule has 1 spiro atoms. The second-order valence-electron chi connectivity index (χ2n) is 5.11. The van der Waals surface area contributed by atoms with Crippen LogP contribution in [-0.2, 0) is 9.78 Å². The lowest BCUT2D eigenvalue weighted by molar-refractivity contribution is -0.317. The molecule has 0 N–H and O–H groups in total. The molecule has 0 aromatic heterocycles. The predicted molar refractivity (Wildman–Crippen MR) is 44.5 cm³/mol. The fourth-order valence-electron chi connectivity index (χ4n) is 3.15. The zero-order valence-corrected chi connectivity index (χ0v) is 7.64. The second-order valence-corrected chi connectivity index (χ2v) is 5.11. The summed E-state index contributed by atoms with van der Waals surface area (Å²) in [6, 6.07) is 0. The van der Waals surface area contributed by atoms with Gasteiger partial charge in [0, 0.05) is 6.42 Å². The highest BCUT2D eigenvalue weighted by Crippen LogP contribution is 2.64. The van der Waals surface area contributed by atoms with Crippen molar-refractivity contribution in [2.45, 2.75) is 44.6 Å². The molecule has 0 aromatic rings. The molecule has 2 heteroatoms. The number of hydrogen-bond acceptors (Lipinski definition) is 2. The first-order valence-electron chi connectivity index (χ1n) is 5.03. The summed E-state index contributed by atoms with van der Waals surface area (Å²) in [7, 11) is 0. The summed E-state index contributed by atoms with van der Waals surface area (Å²) < 4.78 is 0. The molecular formula is C10H16O2. The first-order chi connectivity index (χ1) is 5.73. The average Bonchev–Trinajstić information content (AvgIpc) is 2.47. The molecule has 1 aliphatic heterocycles. The Kier molecular flexibility index (Phi) is 1.25. The zero-order valence-electron chi connectivity index (χ0n) is 7.64. The highest BCUT2D eigenvalue weighted by molar-refractivity contribution is 5.08. The molecule has 1 heterocycles. The van der Waals surface area contributed by atoms with Gasteiger partial charge in [0.25, 0.3) is 0 Å². The Labute approximate surface area is 73.2 Å². The van der Waals surface area contributed by atoms with Gasteiger partial charge in [-0.25, -0.2) is 9.78 Å². The van der Waals surface area contributed by atoms with E-state index in [4.69, 9.17) is 9.78 Å². The zero-order chi connectivity index (χ0) is 8.23. The van der Waals surface area contributed by atoms with Crippen molar-refractivity contribution in [3.63, 3.8) is 0 Å². The molecule has 68 valence electrons. The van der Waals surface area contributed by atoms with Gasteiger partial charge in [-0.1, -0.05) is 6.92 Å². The smallest absolute Gasteiger partial charge is 0.106 e. The Morgan fingerprint density at radius 2 is 2.25 bits per heavy atom. The molecule has 2 nitrogen and oxygen atoms in total. The summed E-state index contributed by atoms with van der Waals surface area (Å²) in [6.45, 7) is 3.21. The maximum atomic E-state index is 5.44. The monoisotopic (exact) mass is 168 g/mol. The molecule has 12 heavy (non-hydrogen) atoms. The van der Waals surface area contributed by atoms with E-state index in [9.17, 15) is 0 Å². The van der Waals surface area contributed by atoms with E-state index in [0.717, 1.165) is 18.9 Å². The van der Waals surface area contributed by atoms with Crippen molar-refractivity contribution in [2.75, 3.05) is 6.61 Å². The summed E-state index contributed by atoms with van der Waals surface area (Å²) in [6.07, 6.45) is 6.38. The molecule has 2 saturated carbocycles. The maximum absolute atomic E-state index is 5.44. The van der Waals surface area contributed by atoms with Gasteiger partial charge in [0.05, 0.1) is 6.61 Å². The number of fused-ring (bicyclic) bond motifs is 1. The van der Waals surface area contributed by atoms with Crippen molar-refractivity contribution in [3.05, 3.63) is 0 Å². The van der Waals surface area contributed by atoms with Crippen LogP contribution < -0.4 is 0 Å². The van der Waals surface area contributed by atoms with Crippen molar-refractivity contribution in [1.29, 1.82) is 0 Å². The molecule has 0 amide bonds. The minimum Gasteiger partial charge on any atom is -0.236 e. The van der Waals surface area contributed by atoms with Gasteiger partial charge in [0.1, 0.15) is 5.60 Å². The van der Waals surface area contributed by atoms with Crippen LogP contribution in [0.2, 0.25) is 0 Å². The molecule has 3 aliphatic rings. The summed E-state index contributed by atoms with van der Waals surface area (Å²) in [4.78, 5) is 10.5. The van der Waals surface area contributed by atoms with Crippen LogP contribution in [0, 0.1) is 11.3 Å². The lowest BCUT2D eigenvalue weighted by atomic mass is 9.77. The van der Waals surface area contributed by atoms with Gasteiger partial charge in [-0.3, -0.25) is 0 Å². The van der Waals surface area contributed by atoms with Crippen LogP contribution in [0.1, 0.15) is 39.0 Å². The third-order valence-electron chi connectivity index (χ3n) is 4.09. The molecule has 0 bridgehead atoms. The quantitative estimate of drug-likeness (QED) is 0.517. The van der Waals surface area contributed by atoms with E-state index < -0.39 is 0 Å². The average molecular weight is 168 g/mol. The SMILES string of the molecule is CC12CC1CCC1(CCOO1)C2. The fraction of sp³-hybridized carbons (Fsp3) is 1.00.